The number of nitrogens with two attached hydrogens (primary N) is 2. The van der Waals surface area contributed by atoms with Crippen LogP contribution < -0.4 is 16.2 Å². The van der Waals surface area contributed by atoms with Crippen molar-refractivity contribution in [3.63, 3.8) is 0 Å². The van der Waals surface area contributed by atoms with E-state index in [1.165, 1.54) is 6.07 Å². The number of nitrogens with zero attached hydrogens (tertiary/aromatic N) is 3. The van der Waals surface area contributed by atoms with Crippen LogP contribution in [-0.2, 0) is 4.74 Å². The highest BCUT2D eigenvalue weighted by atomic mass is 35.5. The van der Waals surface area contributed by atoms with Gasteiger partial charge in [0.15, 0.2) is 5.65 Å². The van der Waals surface area contributed by atoms with Crippen molar-refractivity contribution in [2.24, 2.45) is 5.73 Å². The number of carbonyl (C=O) groups is 1. The Morgan fingerprint density at radius 3 is 2.55 bits per heavy atom. The van der Waals surface area contributed by atoms with Crippen LogP contribution in [0, 0.1) is 0 Å². The number of hydrogen-bond acceptors (Lipinski definition) is 7. The largest absolute Gasteiger partial charge is 0.573 e. The van der Waals surface area contributed by atoms with E-state index in [1.54, 1.807) is 11.1 Å². The van der Waals surface area contributed by atoms with E-state index in [2.05, 4.69) is 21.6 Å². The van der Waals surface area contributed by atoms with E-state index in [0.29, 0.717) is 37.4 Å². The summed E-state index contributed by atoms with van der Waals surface area (Å²) in [5, 5.41) is 0. The number of H-pyrrole nitrogens is 1. The smallest absolute Gasteiger partial charge is 0.406 e. The van der Waals surface area contributed by atoms with Gasteiger partial charge in [-0.15, -0.1) is 25.6 Å². The van der Waals surface area contributed by atoms with Crippen LogP contribution in [0.1, 0.15) is 66.4 Å². The van der Waals surface area contributed by atoms with Gasteiger partial charge in [-0.2, -0.15) is 0 Å². The first-order chi connectivity index (χ1) is 17.4. The fourth-order valence-electron chi connectivity index (χ4n) is 6.24. The van der Waals surface area contributed by atoms with Gasteiger partial charge in [-0.05, 0) is 62.3 Å². The Morgan fingerprint density at radius 1 is 1.24 bits per heavy atom. The van der Waals surface area contributed by atoms with Crippen molar-refractivity contribution in [2.75, 3.05) is 18.8 Å². The van der Waals surface area contributed by atoms with E-state index in [1.807, 2.05) is 6.07 Å². The Hall–Kier alpha value is -3.09. The maximum absolute atomic E-state index is 13.0. The Balaban J connectivity index is 0.00000294. The number of alkyl halides is 3. The summed E-state index contributed by atoms with van der Waals surface area (Å²) in [7, 11) is 0. The van der Waals surface area contributed by atoms with Crippen LogP contribution in [0.25, 0.3) is 11.2 Å². The number of imidazole rings is 1. The van der Waals surface area contributed by atoms with Crippen molar-refractivity contribution >= 4 is 35.2 Å². The second-order valence-corrected chi connectivity index (χ2v) is 10.6. The predicted molar refractivity (Wildman–Crippen MR) is 135 cm³/mol. The molecule has 1 atom stereocenters. The van der Waals surface area contributed by atoms with Gasteiger partial charge >= 0.3 is 6.36 Å². The van der Waals surface area contributed by atoms with E-state index in [-0.39, 0.29) is 47.2 Å². The summed E-state index contributed by atoms with van der Waals surface area (Å²) >= 11 is 0. The van der Waals surface area contributed by atoms with Crippen LogP contribution in [0.5, 0.6) is 5.75 Å². The molecule has 1 aliphatic carbocycles. The van der Waals surface area contributed by atoms with Gasteiger partial charge in [0.1, 0.15) is 23.2 Å². The summed E-state index contributed by atoms with van der Waals surface area (Å²) in [6, 6.07) is 5.33. The number of carbonyl (C=O) groups excluding carboxylic acids is 1. The number of nitrogen functional groups attached to an aromatic ring is 1. The fourth-order valence-corrected chi connectivity index (χ4v) is 6.24. The molecule has 0 unspecified atom stereocenters. The molecule has 2 aromatic heterocycles. The monoisotopic (exact) mass is 552 g/mol. The molecule has 5 N–H and O–H groups in total. The molecule has 3 aromatic rings. The maximum atomic E-state index is 13.0. The lowest BCUT2D eigenvalue weighted by atomic mass is 9.67. The molecule has 0 spiro atoms. The third kappa shape index (κ3) is 4.54. The SMILES string of the molecule is CC12CC(N)(C1)[C@H](c1nc3c(C4CCN(C(=O)c5ccc(OC(F)(F)F)cc5N)CC4)ccnc3[nH]1)O2.Cl. The number of piperidine rings is 1. The molecule has 5 heterocycles. The molecule has 9 nitrogen and oxygen atoms in total. The van der Waals surface area contributed by atoms with Gasteiger partial charge in [0.05, 0.1) is 16.7 Å². The molecule has 38 heavy (non-hydrogen) atoms. The molecule has 4 fully saturated rings. The zero-order chi connectivity index (χ0) is 26.2. The molecule has 0 radical (unpaired) electrons. The quantitative estimate of drug-likeness (QED) is 0.413. The van der Waals surface area contributed by atoms with Crippen LogP contribution in [0.2, 0.25) is 0 Å². The average molecular weight is 553 g/mol. The maximum Gasteiger partial charge on any atom is 0.573 e. The second kappa shape index (κ2) is 8.99. The number of pyridine rings is 1. The minimum Gasteiger partial charge on any atom is -0.406 e. The number of likely N-dealkylation sites (tertiary alicyclic amines) is 1. The number of nitrogens with one attached hydrogen (secondary N) is 1. The van der Waals surface area contributed by atoms with Crippen LogP contribution in [0.15, 0.2) is 30.5 Å². The summed E-state index contributed by atoms with van der Waals surface area (Å²) in [6.07, 6.45) is -0.382. The van der Waals surface area contributed by atoms with Crippen molar-refractivity contribution in [3.05, 3.63) is 47.4 Å². The molecule has 1 aromatic carbocycles. The predicted octanol–water partition coefficient (Wildman–Crippen LogP) is 4.20. The Morgan fingerprint density at radius 2 is 1.95 bits per heavy atom. The van der Waals surface area contributed by atoms with Crippen LogP contribution in [0.3, 0.4) is 0 Å². The number of halogens is 4. The van der Waals surface area contributed by atoms with Gasteiger partial charge in [-0.1, -0.05) is 0 Å². The van der Waals surface area contributed by atoms with Crippen molar-refractivity contribution < 1.29 is 27.4 Å². The van der Waals surface area contributed by atoms with Crippen LogP contribution >= 0.6 is 12.4 Å². The lowest BCUT2D eigenvalue weighted by Gasteiger charge is -2.39. The molecule has 4 aliphatic rings. The zero-order valence-corrected chi connectivity index (χ0v) is 21.4. The van der Waals surface area contributed by atoms with Gasteiger partial charge in [0.2, 0.25) is 0 Å². The Bertz CT molecular complexity index is 1380. The summed E-state index contributed by atoms with van der Waals surface area (Å²) in [6.45, 7) is 3.01. The summed E-state index contributed by atoms with van der Waals surface area (Å²) in [5.74, 6) is 0.0681. The fraction of sp³-hybridized carbons (Fsp3) is 0.480. The van der Waals surface area contributed by atoms with Gasteiger partial charge in [0.25, 0.3) is 5.91 Å². The number of aromatic amines is 1. The standard InChI is InChI=1S/C25H27F3N6O3.ClH/c1-23-11-24(30,12-23)19(37-23)21-32-18-15(4-7-31-20(18)33-21)13-5-8-34(9-6-13)22(35)16-3-2-14(10-17(16)29)36-25(26,27)28;/h2-4,7,10,13,19H,5-6,8-9,11-12,29-30H2,1H3,(H,31,32,33);1H/t19-,23?,24?;/m0./s1. The van der Waals surface area contributed by atoms with Crippen molar-refractivity contribution in [1.82, 2.24) is 19.9 Å². The van der Waals surface area contributed by atoms with E-state index >= 15 is 0 Å². The van der Waals surface area contributed by atoms with E-state index in [9.17, 15) is 18.0 Å². The molecular weight excluding hydrogens is 525 g/mol. The Kier molecular flexibility index (Phi) is 6.27. The minimum absolute atomic E-state index is 0. The molecular formula is C25H28ClF3N6O3. The number of anilines is 1. The molecule has 2 bridgehead atoms. The molecule has 1 saturated carbocycles. The van der Waals surface area contributed by atoms with Crippen molar-refractivity contribution in [2.45, 2.75) is 62.1 Å². The summed E-state index contributed by atoms with van der Waals surface area (Å²) < 4.78 is 47.5. The van der Waals surface area contributed by atoms with E-state index in [4.69, 9.17) is 21.2 Å². The first kappa shape index (κ1) is 26.5. The molecule has 204 valence electrons. The number of ether oxygens (including phenoxy) is 2. The highest BCUT2D eigenvalue weighted by molar-refractivity contribution is 5.99. The minimum atomic E-state index is -4.83. The first-order valence-corrected chi connectivity index (χ1v) is 12.2. The molecule has 3 saturated heterocycles. The number of fused-ring (bicyclic) bond motifs is 2. The Labute approximate surface area is 222 Å². The number of benzene rings is 1. The number of amides is 1. The molecule has 13 heteroatoms. The molecule has 7 rings (SSSR count). The third-order valence-corrected chi connectivity index (χ3v) is 7.72. The zero-order valence-electron chi connectivity index (χ0n) is 20.5. The van der Waals surface area contributed by atoms with Crippen molar-refractivity contribution in [3.8, 4) is 5.75 Å². The van der Waals surface area contributed by atoms with E-state index < -0.39 is 17.7 Å². The van der Waals surface area contributed by atoms with Gasteiger partial charge in [-0.3, -0.25) is 4.79 Å². The summed E-state index contributed by atoms with van der Waals surface area (Å²) in [5.41, 5.74) is 14.4. The normalized spacial score (nSPS) is 27.2. The van der Waals surface area contributed by atoms with Crippen LogP contribution in [0.4, 0.5) is 18.9 Å². The average Bonchev–Trinajstić information content (AvgIpc) is 3.43. The van der Waals surface area contributed by atoms with Gasteiger partial charge in [-0.25, -0.2) is 9.97 Å². The molecule has 3 aliphatic heterocycles. The lowest BCUT2D eigenvalue weighted by Crippen LogP contribution is -2.54. The highest BCUT2D eigenvalue weighted by Gasteiger charge is 2.65. The van der Waals surface area contributed by atoms with E-state index in [0.717, 1.165) is 36.1 Å². The summed E-state index contributed by atoms with van der Waals surface area (Å²) in [4.78, 5) is 27.3. The number of aromatic nitrogens is 3. The lowest BCUT2D eigenvalue weighted by molar-refractivity contribution is -0.274. The highest BCUT2D eigenvalue weighted by Crippen LogP contribution is 2.59. The van der Waals surface area contributed by atoms with Crippen LogP contribution in [-0.4, -0.2) is 56.4 Å². The van der Waals surface area contributed by atoms with Crippen molar-refractivity contribution in [1.29, 1.82) is 0 Å². The molecule has 1 amide bonds. The second-order valence-electron chi connectivity index (χ2n) is 10.6. The topological polar surface area (TPSA) is 132 Å². The number of rotatable bonds is 4. The third-order valence-electron chi connectivity index (χ3n) is 7.72. The number of hydrogen-bond donors (Lipinski definition) is 3. The van der Waals surface area contributed by atoms with Gasteiger partial charge in [0, 0.05) is 31.0 Å². The first-order valence-electron chi connectivity index (χ1n) is 12.2. The van der Waals surface area contributed by atoms with Gasteiger partial charge < -0.3 is 30.8 Å².